The van der Waals surface area contributed by atoms with E-state index in [1.165, 1.54) is 0 Å². The molecule has 0 aromatic carbocycles. The summed E-state index contributed by atoms with van der Waals surface area (Å²) < 4.78 is 5.30. The Bertz CT molecular complexity index is 184. The molecular weight excluding hydrogens is 182 g/mol. The smallest absolute Gasteiger partial charge is 0.225 e. The molecule has 1 rings (SSSR count). The first kappa shape index (κ1) is 11.5. The van der Waals surface area contributed by atoms with E-state index in [1.54, 1.807) is 4.90 Å². The second-order valence-electron chi connectivity index (χ2n) is 3.66. The van der Waals surface area contributed by atoms with Crippen molar-refractivity contribution in [1.29, 1.82) is 0 Å². The van der Waals surface area contributed by atoms with Gasteiger partial charge in [0.15, 0.2) is 0 Å². The van der Waals surface area contributed by atoms with Gasteiger partial charge in [-0.2, -0.15) is 0 Å². The zero-order chi connectivity index (χ0) is 10.4. The van der Waals surface area contributed by atoms with Crippen molar-refractivity contribution in [2.45, 2.75) is 32.3 Å². The van der Waals surface area contributed by atoms with E-state index in [9.17, 15) is 9.90 Å². The van der Waals surface area contributed by atoms with Crippen molar-refractivity contribution in [3.63, 3.8) is 0 Å². The Balaban J connectivity index is 2.04. The van der Waals surface area contributed by atoms with E-state index in [0.717, 1.165) is 19.4 Å². The summed E-state index contributed by atoms with van der Waals surface area (Å²) in [5.41, 5.74) is 0. The van der Waals surface area contributed by atoms with E-state index >= 15 is 0 Å². The van der Waals surface area contributed by atoms with Crippen molar-refractivity contribution in [1.82, 2.24) is 4.90 Å². The zero-order valence-electron chi connectivity index (χ0n) is 8.74. The molecule has 0 aromatic heterocycles. The molecule has 1 saturated heterocycles. The molecule has 0 aliphatic carbocycles. The highest BCUT2D eigenvalue weighted by Gasteiger charge is 2.26. The Kier molecular flexibility index (Phi) is 4.90. The molecule has 1 heterocycles. The molecule has 4 heteroatoms. The fourth-order valence-electron chi connectivity index (χ4n) is 1.57. The van der Waals surface area contributed by atoms with Gasteiger partial charge in [-0.05, 0) is 12.8 Å². The van der Waals surface area contributed by atoms with Crippen LogP contribution in [0, 0.1) is 0 Å². The number of hydrogen-bond donors (Lipinski definition) is 1. The van der Waals surface area contributed by atoms with Crippen LogP contribution in [-0.4, -0.2) is 48.3 Å². The summed E-state index contributed by atoms with van der Waals surface area (Å²) in [5, 5.41) is 9.22. The summed E-state index contributed by atoms with van der Waals surface area (Å²) in [6, 6.07) is 0. The number of carbonyl (C=O) groups is 1. The molecule has 0 radical (unpaired) electrons. The molecule has 1 fully saturated rings. The molecule has 1 unspecified atom stereocenters. The van der Waals surface area contributed by atoms with E-state index in [-0.39, 0.29) is 12.3 Å². The lowest BCUT2D eigenvalue weighted by Crippen LogP contribution is -2.27. The molecule has 0 aromatic rings. The van der Waals surface area contributed by atoms with Crippen LogP contribution < -0.4 is 0 Å². The van der Waals surface area contributed by atoms with Crippen molar-refractivity contribution < 1.29 is 14.6 Å². The van der Waals surface area contributed by atoms with Gasteiger partial charge in [0.05, 0.1) is 12.5 Å². The number of aliphatic hydroxyl groups excluding tert-OH is 1. The fourth-order valence-corrected chi connectivity index (χ4v) is 1.57. The first-order valence-electron chi connectivity index (χ1n) is 5.27. The molecule has 4 nitrogen and oxygen atoms in total. The summed E-state index contributed by atoms with van der Waals surface area (Å²) in [6.07, 6.45) is 1.72. The Morgan fingerprint density at radius 2 is 2.36 bits per heavy atom. The first-order valence-corrected chi connectivity index (χ1v) is 5.27. The van der Waals surface area contributed by atoms with E-state index in [0.29, 0.717) is 19.7 Å². The molecular formula is C10H19NO3. The number of rotatable bonds is 6. The van der Waals surface area contributed by atoms with Gasteiger partial charge in [-0.3, -0.25) is 4.79 Å². The lowest BCUT2D eigenvalue weighted by atomic mass is 10.3. The Morgan fingerprint density at radius 1 is 1.57 bits per heavy atom. The molecule has 0 bridgehead atoms. The lowest BCUT2D eigenvalue weighted by molar-refractivity contribution is -0.127. The number of hydrogen-bond acceptors (Lipinski definition) is 3. The summed E-state index contributed by atoms with van der Waals surface area (Å²) in [4.78, 5) is 12.9. The summed E-state index contributed by atoms with van der Waals surface area (Å²) in [7, 11) is 0. The van der Waals surface area contributed by atoms with Crippen LogP contribution in [0.25, 0.3) is 0 Å². The van der Waals surface area contributed by atoms with Crippen LogP contribution >= 0.6 is 0 Å². The van der Waals surface area contributed by atoms with Crippen molar-refractivity contribution >= 4 is 5.91 Å². The maximum absolute atomic E-state index is 11.2. The molecule has 0 saturated carbocycles. The molecule has 82 valence electrons. The fraction of sp³-hybridized carbons (Fsp3) is 0.900. The van der Waals surface area contributed by atoms with Crippen LogP contribution in [0.5, 0.6) is 0 Å². The quantitative estimate of drug-likeness (QED) is 0.633. The minimum atomic E-state index is -0.459. The number of β-amino-alcohol motifs (C(OH)–C–C–N with tert-alkyl or cyclic N) is 1. The van der Waals surface area contributed by atoms with Crippen LogP contribution in [0.15, 0.2) is 0 Å². The maximum Gasteiger partial charge on any atom is 0.225 e. The van der Waals surface area contributed by atoms with Gasteiger partial charge in [0.25, 0.3) is 0 Å². The third-order valence-electron chi connectivity index (χ3n) is 2.26. The monoisotopic (exact) mass is 201 g/mol. The highest BCUT2D eigenvalue weighted by Crippen LogP contribution is 2.10. The van der Waals surface area contributed by atoms with E-state index in [4.69, 9.17) is 4.74 Å². The summed E-state index contributed by atoms with van der Waals surface area (Å²) in [5.74, 6) is 0.0630. The van der Waals surface area contributed by atoms with Gasteiger partial charge < -0.3 is 14.7 Å². The van der Waals surface area contributed by atoms with Crippen LogP contribution in [0.4, 0.5) is 0 Å². The molecule has 1 amide bonds. The first-order chi connectivity index (χ1) is 6.74. The largest absolute Gasteiger partial charge is 0.391 e. The van der Waals surface area contributed by atoms with Crippen LogP contribution in [0.3, 0.4) is 0 Å². The average Bonchev–Trinajstić information content (AvgIpc) is 2.45. The van der Waals surface area contributed by atoms with E-state index in [2.05, 4.69) is 6.92 Å². The molecule has 1 N–H and O–H groups in total. The lowest BCUT2D eigenvalue weighted by Gasteiger charge is -2.15. The molecule has 0 spiro atoms. The highest BCUT2D eigenvalue weighted by molar-refractivity contribution is 5.78. The van der Waals surface area contributed by atoms with Crippen LogP contribution in [0.1, 0.15) is 26.2 Å². The third kappa shape index (κ3) is 3.64. The molecule has 1 aliphatic heterocycles. The standard InChI is InChI=1S/C10H19NO3/c1-2-5-14-6-3-4-11-8-9(12)7-10(11)13/h9,12H,2-8H2,1H3. The summed E-state index contributed by atoms with van der Waals surface area (Å²) >= 11 is 0. The van der Waals surface area contributed by atoms with Crippen molar-refractivity contribution in [2.75, 3.05) is 26.3 Å². The number of nitrogens with zero attached hydrogens (tertiary/aromatic N) is 1. The Labute approximate surface area is 84.8 Å². The summed E-state index contributed by atoms with van der Waals surface area (Å²) in [6.45, 7) is 4.76. The topological polar surface area (TPSA) is 49.8 Å². The van der Waals surface area contributed by atoms with Gasteiger partial charge >= 0.3 is 0 Å². The number of carbonyl (C=O) groups excluding carboxylic acids is 1. The molecule has 1 atom stereocenters. The Morgan fingerprint density at radius 3 is 2.93 bits per heavy atom. The minimum Gasteiger partial charge on any atom is -0.391 e. The van der Waals surface area contributed by atoms with E-state index < -0.39 is 6.10 Å². The number of likely N-dealkylation sites (tertiary alicyclic amines) is 1. The van der Waals surface area contributed by atoms with Crippen LogP contribution in [0.2, 0.25) is 0 Å². The third-order valence-corrected chi connectivity index (χ3v) is 2.26. The second kappa shape index (κ2) is 5.98. The predicted molar refractivity (Wildman–Crippen MR) is 52.9 cm³/mol. The van der Waals surface area contributed by atoms with Crippen LogP contribution in [-0.2, 0) is 9.53 Å². The predicted octanol–water partition coefficient (Wildman–Crippen LogP) is 0.396. The van der Waals surface area contributed by atoms with Crippen molar-refractivity contribution in [3.8, 4) is 0 Å². The van der Waals surface area contributed by atoms with Gasteiger partial charge in [0.1, 0.15) is 0 Å². The van der Waals surface area contributed by atoms with E-state index in [1.807, 2.05) is 0 Å². The zero-order valence-corrected chi connectivity index (χ0v) is 8.74. The van der Waals surface area contributed by atoms with Gasteiger partial charge in [-0.1, -0.05) is 6.92 Å². The minimum absolute atomic E-state index is 0.0630. The van der Waals surface area contributed by atoms with Crippen molar-refractivity contribution in [3.05, 3.63) is 0 Å². The maximum atomic E-state index is 11.2. The number of aliphatic hydroxyl groups is 1. The van der Waals surface area contributed by atoms with Gasteiger partial charge in [-0.15, -0.1) is 0 Å². The highest BCUT2D eigenvalue weighted by atomic mass is 16.5. The van der Waals surface area contributed by atoms with Crippen molar-refractivity contribution in [2.24, 2.45) is 0 Å². The Hall–Kier alpha value is -0.610. The second-order valence-corrected chi connectivity index (χ2v) is 3.66. The SMILES string of the molecule is CCCOCCCN1CC(O)CC1=O. The molecule has 14 heavy (non-hydrogen) atoms. The molecule has 1 aliphatic rings. The average molecular weight is 201 g/mol. The number of amides is 1. The van der Waals surface area contributed by atoms with Gasteiger partial charge in [0, 0.05) is 26.3 Å². The van der Waals surface area contributed by atoms with Gasteiger partial charge in [0.2, 0.25) is 5.91 Å². The normalized spacial score (nSPS) is 22.0. The van der Waals surface area contributed by atoms with Gasteiger partial charge in [-0.25, -0.2) is 0 Å². The number of ether oxygens (including phenoxy) is 1.